The van der Waals surface area contributed by atoms with Crippen LogP contribution in [0.3, 0.4) is 0 Å². The van der Waals surface area contributed by atoms with Gasteiger partial charge in [-0.3, -0.25) is 19.5 Å². The Hall–Kier alpha value is -4.61. The van der Waals surface area contributed by atoms with E-state index >= 15 is 4.39 Å². The van der Waals surface area contributed by atoms with E-state index in [1.807, 2.05) is 17.0 Å². The van der Waals surface area contributed by atoms with Crippen LogP contribution in [0.5, 0.6) is 0 Å². The molecule has 0 radical (unpaired) electrons. The molecule has 10 nitrogen and oxygen atoms in total. The van der Waals surface area contributed by atoms with Crippen LogP contribution in [0.1, 0.15) is 45.2 Å². The number of halogens is 2. The second kappa shape index (κ2) is 11.9. The molecule has 1 aliphatic heterocycles. The molecule has 1 saturated carbocycles. The highest BCUT2D eigenvalue weighted by molar-refractivity contribution is 6.30. The number of carbonyl (C=O) groups excluding carboxylic acids is 1. The summed E-state index contributed by atoms with van der Waals surface area (Å²) in [6, 6.07) is 13.4. The number of nitrogens with zero attached hydrogens (tertiary/aromatic N) is 5. The molecule has 6 rings (SSSR count). The van der Waals surface area contributed by atoms with Gasteiger partial charge in [0.05, 0.1) is 16.9 Å². The number of carboxylic acid groups (broad SMARTS) is 1. The largest absolute Gasteiger partial charge is 0.477 e. The highest BCUT2D eigenvalue weighted by atomic mass is 35.5. The van der Waals surface area contributed by atoms with E-state index < -0.39 is 17.2 Å². The van der Waals surface area contributed by atoms with Gasteiger partial charge in [0, 0.05) is 73.3 Å². The highest BCUT2D eigenvalue weighted by Gasteiger charge is 2.29. The summed E-state index contributed by atoms with van der Waals surface area (Å²) in [4.78, 5) is 45.1. The number of pyridine rings is 2. The van der Waals surface area contributed by atoms with Gasteiger partial charge in [0.1, 0.15) is 11.4 Å². The number of nitrogens with one attached hydrogen (secondary N) is 1. The van der Waals surface area contributed by atoms with Gasteiger partial charge in [-0.2, -0.15) is 5.10 Å². The third kappa shape index (κ3) is 6.13. The van der Waals surface area contributed by atoms with Gasteiger partial charge in [0.15, 0.2) is 0 Å². The van der Waals surface area contributed by atoms with E-state index in [0.29, 0.717) is 60.2 Å². The predicted molar refractivity (Wildman–Crippen MR) is 162 cm³/mol. The second-order valence-corrected chi connectivity index (χ2v) is 11.1. The molecule has 2 aromatic carbocycles. The lowest BCUT2D eigenvalue weighted by Crippen LogP contribution is -2.48. The van der Waals surface area contributed by atoms with Crippen LogP contribution < -0.4 is 15.8 Å². The Bertz CT molecular complexity index is 1780. The van der Waals surface area contributed by atoms with Crippen molar-refractivity contribution in [3.8, 4) is 0 Å². The van der Waals surface area contributed by atoms with Crippen LogP contribution in [0.2, 0.25) is 5.02 Å². The molecular weight excluding hydrogens is 575 g/mol. The van der Waals surface area contributed by atoms with Crippen molar-refractivity contribution < 1.29 is 19.1 Å². The average molecular weight is 603 g/mol. The van der Waals surface area contributed by atoms with Crippen LogP contribution in [-0.2, 0) is 0 Å². The van der Waals surface area contributed by atoms with Gasteiger partial charge in [-0.15, -0.1) is 0 Å². The molecule has 0 unspecified atom stereocenters. The van der Waals surface area contributed by atoms with Crippen LogP contribution in [-0.4, -0.2) is 69.9 Å². The molecule has 1 saturated heterocycles. The third-order valence-corrected chi connectivity index (χ3v) is 8.02. The number of piperazine rings is 1. The van der Waals surface area contributed by atoms with E-state index in [4.69, 9.17) is 11.6 Å². The molecule has 12 heteroatoms. The van der Waals surface area contributed by atoms with Crippen LogP contribution in [0.15, 0.2) is 77.0 Å². The fraction of sp³-hybridized carbons (Fsp3) is 0.258. The molecule has 0 spiro atoms. The summed E-state index contributed by atoms with van der Waals surface area (Å²) in [5, 5.41) is 14.6. The minimum absolute atomic E-state index is 0.0734. The number of hydrazone groups is 1. The second-order valence-electron chi connectivity index (χ2n) is 10.6. The molecule has 43 heavy (non-hydrogen) atoms. The van der Waals surface area contributed by atoms with Gasteiger partial charge in [0.25, 0.3) is 5.91 Å². The fourth-order valence-electron chi connectivity index (χ4n) is 5.29. The zero-order chi connectivity index (χ0) is 30.1. The van der Waals surface area contributed by atoms with Crippen molar-refractivity contribution in [3.63, 3.8) is 0 Å². The predicted octanol–water partition coefficient (Wildman–Crippen LogP) is 4.18. The Kier molecular flexibility index (Phi) is 7.92. The zero-order valence-corrected chi connectivity index (χ0v) is 23.8. The van der Waals surface area contributed by atoms with Crippen molar-refractivity contribution in [3.05, 3.63) is 105 Å². The number of aromatic nitrogens is 2. The van der Waals surface area contributed by atoms with Gasteiger partial charge in [-0.05, 0) is 54.8 Å². The van der Waals surface area contributed by atoms with Crippen LogP contribution in [0.25, 0.3) is 10.9 Å². The minimum Gasteiger partial charge on any atom is -0.477 e. The summed E-state index contributed by atoms with van der Waals surface area (Å²) in [7, 11) is 0. The monoisotopic (exact) mass is 602 g/mol. The lowest BCUT2D eigenvalue weighted by Gasteiger charge is -2.36. The third-order valence-electron chi connectivity index (χ3n) is 7.77. The number of carbonyl (C=O) groups is 2. The standard InChI is InChI=1S/C31H28ClFN6O4/c32-21-3-1-19(2-4-21)26(35-36-30(41)20-7-9-34-10-8-20)18-37-11-13-38(14-12-37)28-16-27-23(15-25(28)33)29(40)24(31(42)43)17-39(27)22-5-6-22/h1-4,7-10,15-17,22H,5-6,11-14,18H2,(H,36,41)(H,42,43)/b35-26+. The number of amides is 1. The molecule has 0 bridgehead atoms. The number of benzene rings is 2. The Morgan fingerprint density at radius 2 is 1.72 bits per heavy atom. The Morgan fingerprint density at radius 3 is 2.37 bits per heavy atom. The molecule has 0 atom stereocenters. The van der Waals surface area contributed by atoms with E-state index in [2.05, 4.69) is 20.4 Å². The topological polar surface area (TPSA) is 120 Å². The summed E-state index contributed by atoms with van der Waals surface area (Å²) in [5.74, 6) is -2.24. The van der Waals surface area contributed by atoms with Gasteiger partial charge in [-0.25, -0.2) is 14.6 Å². The molecule has 2 fully saturated rings. The van der Waals surface area contributed by atoms with E-state index in [1.165, 1.54) is 24.7 Å². The van der Waals surface area contributed by atoms with Crippen molar-refractivity contribution in [2.45, 2.75) is 18.9 Å². The number of aromatic carboxylic acids is 1. The summed E-state index contributed by atoms with van der Waals surface area (Å²) in [6.45, 7) is 2.65. The van der Waals surface area contributed by atoms with Crippen molar-refractivity contribution in [2.75, 3.05) is 37.6 Å². The van der Waals surface area contributed by atoms with Gasteiger partial charge in [0.2, 0.25) is 5.43 Å². The maximum Gasteiger partial charge on any atom is 0.341 e. The Balaban J connectivity index is 1.21. The molecule has 220 valence electrons. The Morgan fingerprint density at radius 1 is 1.02 bits per heavy atom. The normalized spacial score (nSPS) is 16.0. The molecular formula is C31H28ClFN6O4. The SMILES string of the molecule is O=C(N/N=C(\CN1CCN(c2cc3c(cc2F)c(=O)c(C(=O)O)cn3C2CC2)CC1)c1ccc(Cl)cc1)c1ccncc1. The number of carboxylic acids is 1. The van der Waals surface area contributed by atoms with Crippen molar-refractivity contribution >= 4 is 45.8 Å². The molecule has 4 aromatic rings. The quantitative estimate of drug-likeness (QED) is 0.229. The highest BCUT2D eigenvalue weighted by Crippen LogP contribution is 2.38. The molecule has 1 amide bonds. The van der Waals surface area contributed by atoms with Crippen molar-refractivity contribution in [2.24, 2.45) is 5.10 Å². The summed E-state index contributed by atoms with van der Waals surface area (Å²) >= 11 is 6.09. The smallest absolute Gasteiger partial charge is 0.341 e. The molecule has 2 N–H and O–H groups in total. The lowest BCUT2D eigenvalue weighted by atomic mass is 10.1. The number of anilines is 1. The first-order chi connectivity index (χ1) is 20.8. The maximum absolute atomic E-state index is 15.4. The van der Waals surface area contributed by atoms with Gasteiger partial charge in [-0.1, -0.05) is 23.7 Å². The van der Waals surface area contributed by atoms with Crippen LogP contribution in [0, 0.1) is 5.82 Å². The first kappa shape index (κ1) is 28.5. The number of fused-ring (bicyclic) bond motifs is 1. The Labute approximate surface area is 251 Å². The molecule has 1 aliphatic carbocycles. The number of hydrogen-bond acceptors (Lipinski definition) is 7. The van der Waals surface area contributed by atoms with Crippen molar-refractivity contribution in [1.82, 2.24) is 19.9 Å². The lowest BCUT2D eigenvalue weighted by molar-refractivity contribution is 0.0694. The van der Waals surface area contributed by atoms with E-state index in [0.717, 1.165) is 18.4 Å². The zero-order valence-electron chi connectivity index (χ0n) is 23.0. The number of hydrogen-bond donors (Lipinski definition) is 2. The molecule has 2 aliphatic rings. The molecule has 3 heterocycles. The van der Waals surface area contributed by atoms with E-state index in [9.17, 15) is 19.5 Å². The molecule has 2 aromatic heterocycles. The van der Waals surface area contributed by atoms with E-state index in [1.54, 1.807) is 34.9 Å². The minimum atomic E-state index is -1.32. The first-order valence-corrected chi connectivity index (χ1v) is 14.3. The summed E-state index contributed by atoms with van der Waals surface area (Å²) in [6.07, 6.45) is 6.21. The van der Waals surface area contributed by atoms with Gasteiger partial charge >= 0.3 is 5.97 Å². The van der Waals surface area contributed by atoms with Crippen LogP contribution >= 0.6 is 11.6 Å². The fourth-order valence-corrected chi connectivity index (χ4v) is 5.41. The summed E-state index contributed by atoms with van der Waals surface area (Å²) < 4.78 is 17.2. The van der Waals surface area contributed by atoms with Gasteiger partial charge < -0.3 is 14.6 Å². The maximum atomic E-state index is 15.4. The first-order valence-electron chi connectivity index (χ1n) is 13.9. The average Bonchev–Trinajstić information content (AvgIpc) is 3.86. The van der Waals surface area contributed by atoms with Crippen molar-refractivity contribution in [1.29, 1.82) is 0 Å². The number of rotatable bonds is 8. The summed E-state index contributed by atoms with van der Waals surface area (Å²) in [5.41, 5.74) is 4.40. The van der Waals surface area contributed by atoms with Crippen LogP contribution in [0.4, 0.5) is 10.1 Å². The van der Waals surface area contributed by atoms with E-state index in [-0.39, 0.29) is 22.9 Å².